The molecule has 6 nitrogen and oxygen atoms in total. The number of nitrogens with zero attached hydrogens (tertiary/aromatic N) is 1. The Kier molecular flexibility index (Phi) is 8.99. The second-order valence-electron chi connectivity index (χ2n) is 7.21. The van der Waals surface area contributed by atoms with Crippen LogP contribution in [-0.2, 0) is 4.79 Å². The monoisotopic (exact) mass is 424 g/mol. The van der Waals surface area contributed by atoms with Gasteiger partial charge in [0.25, 0.3) is 5.91 Å². The van der Waals surface area contributed by atoms with Crippen LogP contribution in [0.4, 0.5) is 5.69 Å². The van der Waals surface area contributed by atoms with Crippen LogP contribution in [0.25, 0.3) is 0 Å². The number of hydrazine groups is 1. The Balaban J connectivity index is 1.82. The van der Waals surface area contributed by atoms with Gasteiger partial charge < -0.3 is 10.2 Å². The van der Waals surface area contributed by atoms with Crippen molar-refractivity contribution >= 4 is 46.4 Å². The molecule has 3 N–H and O–H groups in total. The van der Waals surface area contributed by atoms with Crippen molar-refractivity contribution in [2.24, 2.45) is 5.92 Å². The number of thiocarbonyl (C=S) groups is 1. The van der Waals surface area contributed by atoms with E-state index in [4.69, 9.17) is 23.8 Å². The number of nitrogens with one attached hydrogen (secondary N) is 3. The fourth-order valence-electron chi connectivity index (χ4n) is 3.11. The summed E-state index contributed by atoms with van der Waals surface area (Å²) in [6, 6.07) is 4.89. The van der Waals surface area contributed by atoms with Crippen LogP contribution in [0.3, 0.4) is 0 Å². The summed E-state index contributed by atoms with van der Waals surface area (Å²) in [4.78, 5) is 26.0. The molecule has 0 spiro atoms. The molecule has 1 atom stereocenters. The van der Waals surface area contributed by atoms with Crippen molar-refractivity contribution in [2.45, 2.75) is 52.4 Å². The Morgan fingerprint density at radius 1 is 1.32 bits per heavy atom. The van der Waals surface area contributed by atoms with Crippen molar-refractivity contribution in [3.8, 4) is 0 Å². The maximum atomic E-state index is 12.4. The molecule has 2 rings (SSSR count). The molecular formula is C20H29ClN4O2S. The topological polar surface area (TPSA) is 73.5 Å². The molecule has 2 amide bonds. The second-order valence-corrected chi connectivity index (χ2v) is 8.02. The zero-order valence-electron chi connectivity index (χ0n) is 16.5. The first kappa shape index (κ1) is 22.4. The van der Waals surface area contributed by atoms with E-state index in [0.29, 0.717) is 40.3 Å². The van der Waals surface area contributed by atoms with Gasteiger partial charge in [-0.25, -0.2) is 0 Å². The number of benzene rings is 1. The summed E-state index contributed by atoms with van der Waals surface area (Å²) in [6.45, 7) is 5.75. The van der Waals surface area contributed by atoms with Crippen LogP contribution in [-0.4, -0.2) is 30.0 Å². The van der Waals surface area contributed by atoms with Crippen molar-refractivity contribution in [1.82, 2.24) is 16.2 Å². The summed E-state index contributed by atoms with van der Waals surface area (Å²) in [5.74, 6) is 0.194. The lowest BCUT2D eigenvalue weighted by Gasteiger charge is -2.18. The number of unbranched alkanes of at least 4 members (excludes halogenated alkanes) is 2. The maximum absolute atomic E-state index is 12.4. The normalized spacial score (nSPS) is 14.7. The van der Waals surface area contributed by atoms with Gasteiger partial charge in [0.15, 0.2) is 5.11 Å². The van der Waals surface area contributed by atoms with Crippen LogP contribution in [0.1, 0.15) is 62.7 Å². The predicted octanol–water partition coefficient (Wildman–Crippen LogP) is 3.79. The molecule has 1 aromatic carbocycles. The van der Waals surface area contributed by atoms with Crippen LogP contribution in [0.5, 0.6) is 0 Å². The second kappa shape index (κ2) is 11.2. The number of anilines is 1. The molecule has 0 aromatic heterocycles. The first-order valence-electron chi connectivity index (χ1n) is 9.86. The van der Waals surface area contributed by atoms with Gasteiger partial charge in [-0.05, 0) is 49.2 Å². The van der Waals surface area contributed by atoms with E-state index in [9.17, 15) is 9.59 Å². The molecule has 0 radical (unpaired) electrons. The Hall–Kier alpha value is -1.86. The molecule has 0 aliphatic carbocycles. The number of hydrogen-bond acceptors (Lipinski definition) is 3. The zero-order chi connectivity index (χ0) is 20.5. The van der Waals surface area contributed by atoms with Gasteiger partial charge >= 0.3 is 0 Å². The van der Waals surface area contributed by atoms with Crippen molar-refractivity contribution < 1.29 is 9.59 Å². The van der Waals surface area contributed by atoms with Gasteiger partial charge in [0.2, 0.25) is 5.91 Å². The molecule has 28 heavy (non-hydrogen) atoms. The molecule has 154 valence electrons. The maximum Gasteiger partial charge on any atom is 0.269 e. The number of amides is 2. The quantitative estimate of drug-likeness (QED) is 0.336. The molecule has 1 heterocycles. The average Bonchev–Trinajstić information content (AvgIpc) is 3.10. The van der Waals surface area contributed by atoms with E-state index in [2.05, 4.69) is 30.0 Å². The third-order valence-corrected chi connectivity index (χ3v) is 5.34. The van der Waals surface area contributed by atoms with Crippen LogP contribution < -0.4 is 21.1 Å². The third kappa shape index (κ3) is 6.63. The number of carbonyl (C=O) groups excluding carboxylic acids is 2. The largest absolute Gasteiger partial charge is 0.361 e. The van der Waals surface area contributed by atoms with E-state index in [1.807, 2.05) is 0 Å². The van der Waals surface area contributed by atoms with E-state index in [0.717, 1.165) is 19.4 Å². The molecule has 8 heteroatoms. The van der Waals surface area contributed by atoms with E-state index < -0.39 is 0 Å². The Bertz CT molecular complexity index is 713. The Labute approximate surface area is 177 Å². The van der Waals surface area contributed by atoms with Crippen LogP contribution in [0, 0.1) is 5.92 Å². The highest BCUT2D eigenvalue weighted by Gasteiger charge is 2.24. The highest BCUT2D eigenvalue weighted by Crippen LogP contribution is 2.30. The average molecular weight is 425 g/mol. The molecule has 0 saturated carbocycles. The van der Waals surface area contributed by atoms with Gasteiger partial charge in [-0.15, -0.1) is 0 Å². The summed E-state index contributed by atoms with van der Waals surface area (Å²) in [5, 5.41) is 3.95. The standard InChI is InChI=1S/C20H29ClN4O2S/c1-3-4-5-7-14(2)13-22-20(28)24-23-19(27)15-9-10-16(21)17(12-15)25-11-6-8-18(25)26/h9-10,12,14H,3-8,11,13H2,1-2H3,(H,23,27)(H2,22,24,28)/t14-/m1/s1. The first-order chi connectivity index (χ1) is 13.4. The molecule has 1 aliphatic heterocycles. The molecular weight excluding hydrogens is 396 g/mol. The Morgan fingerprint density at radius 3 is 2.79 bits per heavy atom. The van der Waals surface area contributed by atoms with Gasteiger partial charge in [0, 0.05) is 25.1 Å². The summed E-state index contributed by atoms with van der Waals surface area (Å²) < 4.78 is 0. The van der Waals surface area contributed by atoms with E-state index >= 15 is 0 Å². The fraction of sp³-hybridized carbons (Fsp3) is 0.550. The van der Waals surface area contributed by atoms with Gasteiger partial charge in [0.1, 0.15) is 0 Å². The number of carbonyl (C=O) groups is 2. The SMILES string of the molecule is CCCCC[C@@H](C)CNC(=S)NNC(=O)c1ccc(Cl)c(N2CCCC2=O)c1. The lowest BCUT2D eigenvalue weighted by Crippen LogP contribution is -2.47. The van der Waals surface area contributed by atoms with Gasteiger partial charge in [-0.1, -0.05) is 44.7 Å². The Morgan fingerprint density at radius 2 is 2.11 bits per heavy atom. The summed E-state index contributed by atoms with van der Waals surface area (Å²) in [5.41, 5.74) is 6.28. The van der Waals surface area contributed by atoms with Crippen LogP contribution in [0.15, 0.2) is 18.2 Å². The first-order valence-corrected chi connectivity index (χ1v) is 10.6. The van der Waals surface area contributed by atoms with E-state index in [1.54, 1.807) is 23.1 Å². The van der Waals surface area contributed by atoms with Crippen LogP contribution in [0.2, 0.25) is 5.02 Å². The van der Waals surface area contributed by atoms with Crippen molar-refractivity contribution in [2.75, 3.05) is 18.0 Å². The molecule has 1 aromatic rings. The zero-order valence-corrected chi connectivity index (χ0v) is 18.1. The highest BCUT2D eigenvalue weighted by atomic mass is 35.5. The number of hydrogen-bond donors (Lipinski definition) is 3. The van der Waals surface area contributed by atoms with E-state index in [-0.39, 0.29) is 11.8 Å². The van der Waals surface area contributed by atoms with Crippen molar-refractivity contribution in [3.05, 3.63) is 28.8 Å². The van der Waals surface area contributed by atoms with Crippen molar-refractivity contribution in [3.63, 3.8) is 0 Å². The minimum absolute atomic E-state index is 0.0241. The summed E-state index contributed by atoms with van der Waals surface area (Å²) >= 11 is 11.4. The minimum atomic E-state index is -0.343. The molecule has 0 unspecified atom stereocenters. The highest BCUT2D eigenvalue weighted by molar-refractivity contribution is 7.80. The fourth-order valence-corrected chi connectivity index (χ4v) is 3.46. The molecule has 1 saturated heterocycles. The molecule has 0 bridgehead atoms. The summed E-state index contributed by atoms with van der Waals surface area (Å²) in [6.07, 6.45) is 6.13. The minimum Gasteiger partial charge on any atom is -0.361 e. The van der Waals surface area contributed by atoms with Gasteiger partial charge in [-0.2, -0.15) is 0 Å². The number of rotatable bonds is 8. The molecule has 1 fully saturated rings. The smallest absolute Gasteiger partial charge is 0.269 e. The molecule has 1 aliphatic rings. The third-order valence-electron chi connectivity index (χ3n) is 4.77. The van der Waals surface area contributed by atoms with Crippen LogP contribution >= 0.6 is 23.8 Å². The summed E-state index contributed by atoms with van der Waals surface area (Å²) in [7, 11) is 0. The number of halogens is 1. The lowest BCUT2D eigenvalue weighted by atomic mass is 10.0. The van der Waals surface area contributed by atoms with Crippen molar-refractivity contribution in [1.29, 1.82) is 0 Å². The van der Waals surface area contributed by atoms with Gasteiger partial charge in [0.05, 0.1) is 10.7 Å². The van der Waals surface area contributed by atoms with Gasteiger partial charge in [-0.3, -0.25) is 20.4 Å². The predicted molar refractivity (Wildman–Crippen MR) is 118 cm³/mol. The lowest BCUT2D eigenvalue weighted by molar-refractivity contribution is -0.117. The van der Waals surface area contributed by atoms with E-state index in [1.165, 1.54) is 19.3 Å².